The molecule has 2 aromatic carbocycles. The minimum absolute atomic E-state index is 0.0313. The second kappa shape index (κ2) is 7.67. The van der Waals surface area contributed by atoms with E-state index >= 15 is 0 Å². The Balaban J connectivity index is 1.98. The van der Waals surface area contributed by atoms with E-state index in [1.165, 1.54) is 6.33 Å². The first-order chi connectivity index (χ1) is 12.4. The van der Waals surface area contributed by atoms with Gasteiger partial charge in [0.05, 0.1) is 4.92 Å². The minimum atomic E-state index is -0.585. The Morgan fingerprint density at radius 2 is 2.04 bits per heavy atom. The van der Waals surface area contributed by atoms with Crippen LogP contribution >= 0.6 is 27.5 Å². The van der Waals surface area contributed by atoms with Crippen molar-refractivity contribution in [3.05, 3.63) is 74.0 Å². The van der Waals surface area contributed by atoms with Crippen molar-refractivity contribution in [1.82, 2.24) is 9.97 Å². The fourth-order valence-electron chi connectivity index (χ4n) is 2.19. The molecule has 7 nitrogen and oxygen atoms in total. The van der Waals surface area contributed by atoms with Crippen LogP contribution in [-0.2, 0) is 0 Å². The number of hydrogen-bond acceptors (Lipinski definition) is 6. The number of aromatic nitrogens is 2. The first-order valence-corrected chi connectivity index (χ1v) is 8.57. The van der Waals surface area contributed by atoms with Gasteiger partial charge < -0.3 is 10.1 Å². The van der Waals surface area contributed by atoms with E-state index in [-0.39, 0.29) is 17.4 Å². The van der Waals surface area contributed by atoms with Gasteiger partial charge in [-0.1, -0.05) is 33.6 Å². The van der Waals surface area contributed by atoms with E-state index in [0.717, 1.165) is 10.0 Å². The summed E-state index contributed by atoms with van der Waals surface area (Å²) in [7, 11) is 0. The molecule has 0 aliphatic rings. The first-order valence-electron chi connectivity index (χ1n) is 7.40. The highest BCUT2D eigenvalue weighted by Gasteiger charge is 2.25. The largest absolute Gasteiger partial charge is 0.434 e. The third-order valence-electron chi connectivity index (χ3n) is 3.40. The van der Waals surface area contributed by atoms with Gasteiger partial charge in [-0.3, -0.25) is 10.1 Å². The summed E-state index contributed by atoms with van der Waals surface area (Å²) < 4.78 is 6.43. The highest BCUT2D eigenvalue weighted by Crippen LogP contribution is 2.36. The molecule has 9 heteroatoms. The molecule has 0 radical (unpaired) electrons. The molecule has 132 valence electrons. The average molecular weight is 436 g/mol. The van der Waals surface area contributed by atoms with Gasteiger partial charge in [0.25, 0.3) is 0 Å². The summed E-state index contributed by atoms with van der Waals surface area (Å²) in [6, 6.07) is 12.1. The molecule has 0 bridgehead atoms. The van der Waals surface area contributed by atoms with Gasteiger partial charge in [-0.2, -0.15) is 4.98 Å². The van der Waals surface area contributed by atoms with Gasteiger partial charge in [-0.15, -0.1) is 0 Å². The smallest absolute Gasteiger partial charge is 0.373 e. The van der Waals surface area contributed by atoms with Crippen LogP contribution in [0.3, 0.4) is 0 Å². The van der Waals surface area contributed by atoms with Crippen LogP contribution in [0.2, 0.25) is 5.02 Å². The third kappa shape index (κ3) is 4.09. The Kier molecular flexibility index (Phi) is 5.34. The van der Waals surface area contributed by atoms with Gasteiger partial charge in [-0.25, -0.2) is 4.98 Å². The number of ether oxygens (including phenoxy) is 1. The third-order valence-corrected chi connectivity index (χ3v) is 4.32. The van der Waals surface area contributed by atoms with Crippen LogP contribution in [0.5, 0.6) is 11.6 Å². The van der Waals surface area contributed by atoms with Crippen molar-refractivity contribution in [2.24, 2.45) is 0 Å². The number of benzene rings is 2. The molecule has 3 rings (SSSR count). The molecular formula is C17H12BrClN4O3. The molecule has 1 aromatic heterocycles. The van der Waals surface area contributed by atoms with Crippen LogP contribution in [0.15, 0.2) is 53.3 Å². The summed E-state index contributed by atoms with van der Waals surface area (Å²) >= 11 is 9.34. The van der Waals surface area contributed by atoms with E-state index in [0.29, 0.717) is 16.5 Å². The van der Waals surface area contributed by atoms with Crippen LogP contribution < -0.4 is 10.1 Å². The van der Waals surface area contributed by atoms with Gasteiger partial charge >= 0.3 is 11.6 Å². The van der Waals surface area contributed by atoms with Crippen LogP contribution in [0.25, 0.3) is 0 Å². The second-order valence-corrected chi connectivity index (χ2v) is 6.60. The van der Waals surface area contributed by atoms with E-state index in [9.17, 15) is 10.1 Å². The lowest BCUT2D eigenvalue weighted by Gasteiger charge is -2.10. The standard InChI is InChI=1S/C17H12BrClN4O3/c1-10-7-13(5-6-14(10)19)26-17-15(23(24)25)16(20-9-21-17)22-12-4-2-3-11(18)8-12/h2-9H,1H3,(H,20,21,22). The fraction of sp³-hybridized carbons (Fsp3) is 0.0588. The number of nitro groups is 1. The first kappa shape index (κ1) is 18.1. The lowest BCUT2D eigenvalue weighted by molar-refractivity contribution is -0.385. The summed E-state index contributed by atoms with van der Waals surface area (Å²) in [4.78, 5) is 18.9. The maximum Gasteiger partial charge on any atom is 0.373 e. The molecule has 26 heavy (non-hydrogen) atoms. The van der Waals surface area contributed by atoms with Gasteiger partial charge in [-0.05, 0) is 48.9 Å². The molecule has 1 N–H and O–H groups in total. The Morgan fingerprint density at radius 3 is 2.73 bits per heavy atom. The van der Waals surface area contributed by atoms with E-state index < -0.39 is 4.92 Å². The van der Waals surface area contributed by atoms with Crippen molar-refractivity contribution in [3.63, 3.8) is 0 Å². The molecule has 0 amide bonds. The lowest BCUT2D eigenvalue weighted by atomic mass is 10.2. The van der Waals surface area contributed by atoms with Crippen molar-refractivity contribution < 1.29 is 9.66 Å². The number of rotatable bonds is 5. The Morgan fingerprint density at radius 1 is 1.23 bits per heavy atom. The fourth-order valence-corrected chi connectivity index (χ4v) is 2.71. The lowest BCUT2D eigenvalue weighted by Crippen LogP contribution is -2.03. The molecule has 3 aromatic rings. The summed E-state index contributed by atoms with van der Waals surface area (Å²) in [5, 5.41) is 15.1. The van der Waals surface area contributed by atoms with Crippen molar-refractivity contribution in [3.8, 4) is 11.6 Å². The highest BCUT2D eigenvalue weighted by atomic mass is 79.9. The molecule has 0 unspecified atom stereocenters. The number of nitrogens with zero attached hydrogens (tertiary/aromatic N) is 3. The summed E-state index contributed by atoms with van der Waals surface area (Å²) in [5.74, 6) is 0.259. The van der Waals surface area contributed by atoms with Gasteiger partial charge in [0.2, 0.25) is 5.82 Å². The predicted octanol–water partition coefficient (Wildman–Crippen LogP) is 5.65. The predicted molar refractivity (Wildman–Crippen MR) is 102 cm³/mol. The zero-order valence-electron chi connectivity index (χ0n) is 13.4. The molecular weight excluding hydrogens is 424 g/mol. The molecule has 0 saturated carbocycles. The van der Waals surface area contributed by atoms with Crippen molar-refractivity contribution in [2.45, 2.75) is 6.92 Å². The molecule has 0 aliphatic heterocycles. The molecule has 0 spiro atoms. The highest BCUT2D eigenvalue weighted by molar-refractivity contribution is 9.10. The zero-order valence-corrected chi connectivity index (χ0v) is 15.8. The molecule has 0 aliphatic carbocycles. The second-order valence-electron chi connectivity index (χ2n) is 5.28. The minimum Gasteiger partial charge on any atom is -0.434 e. The number of nitrogens with one attached hydrogen (secondary N) is 1. The van der Waals surface area contributed by atoms with Gasteiger partial charge in [0, 0.05) is 15.2 Å². The molecule has 1 heterocycles. The number of hydrogen-bond donors (Lipinski definition) is 1. The van der Waals surface area contributed by atoms with Crippen molar-refractivity contribution in [1.29, 1.82) is 0 Å². The Bertz CT molecular complexity index is 984. The topological polar surface area (TPSA) is 90.2 Å². The van der Waals surface area contributed by atoms with E-state index in [2.05, 4.69) is 31.2 Å². The van der Waals surface area contributed by atoms with E-state index in [1.807, 2.05) is 13.0 Å². The quantitative estimate of drug-likeness (QED) is 0.412. The Hall–Kier alpha value is -2.71. The zero-order chi connectivity index (χ0) is 18.7. The van der Waals surface area contributed by atoms with E-state index in [1.54, 1.807) is 36.4 Å². The summed E-state index contributed by atoms with van der Waals surface area (Å²) in [6.07, 6.45) is 1.20. The number of aryl methyl sites for hydroxylation is 1. The van der Waals surface area contributed by atoms with Crippen LogP contribution in [0, 0.1) is 17.0 Å². The van der Waals surface area contributed by atoms with Gasteiger partial charge in [0.15, 0.2) is 0 Å². The summed E-state index contributed by atoms with van der Waals surface area (Å²) in [6.45, 7) is 1.81. The molecule has 0 saturated heterocycles. The van der Waals surface area contributed by atoms with Crippen LogP contribution in [0.1, 0.15) is 5.56 Å². The SMILES string of the molecule is Cc1cc(Oc2ncnc(Nc3cccc(Br)c3)c2[N+](=O)[O-])ccc1Cl. The van der Waals surface area contributed by atoms with E-state index in [4.69, 9.17) is 16.3 Å². The normalized spacial score (nSPS) is 10.4. The Labute approximate surface area is 162 Å². The number of anilines is 2. The van der Waals surface area contributed by atoms with Crippen LogP contribution in [-0.4, -0.2) is 14.9 Å². The molecule has 0 atom stereocenters. The van der Waals surface area contributed by atoms with Gasteiger partial charge in [0.1, 0.15) is 12.1 Å². The summed E-state index contributed by atoms with van der Waals surface area (Å²) in [5.41, 5.74) is 1.06. The molecule has 0 fully saturated rings. The van der Waals surface area contributed by atoms with Crippen molar-refractivity contribution >= 4 is 44.7 Å². The maximum atomic E-state index is 11.6. The maximum absolute atomic E-state index is 11.6. The van der Waals surface area contributed by atoms with Crippen LogP contribution in [0.4, 0.5) is 17.2 Å². The number of halogens is 2. The monoisotopic (exact) mass is 434 g/mol. The average Bonchev–Trinajstić information content (AvgIpc) is 2.58. The van der Waals surface area contributed by atoms with Crippen molar-refractivity contribution in [2.75, 3.05) is 5.32 Å².